The average Bonchev–Trinajstić information content (AvgIpc) is 3.80. The maximum Gasteiger partial charge on any atom is 0.319 e. The molecule has 4 aliphatic rings. The van der Waals surface area contributed by atoms with Gasteiger partial charge in [-0.2, -0.15) is 20.5 Å². The minimum atomic E-state index is -2.84. The molecule has 0 amide bonds. The van der Waals surface area contributed by atoms with Crippen LogP contribution in [0.25, 0.3) is 32.1 Å². The summed E-state index contributed by atoms with van der Waals surface area (Å²) in [6.45, 7) is 0.132. The molecule has 2 saturated heterocycles. The van der Waals surface area contributed by atoms with Gasteiger partial charge in [0.15, 0.2) is 11.6 Å². The summed E-state index contributed by atoms with van der Waals surface area (Å²) < 4.78 is 87.8. The van der Waals surface area contributed by atoms with Crippen molar-refractivity contribution in [3.8, 4) is 35.0 Å². The Labute approximate surface area is 285 Å². The molecule has 16 heteroatoms. The molecule has 5 heterocycles. The monoisotopic (exact) mass is 715 g/mol. The Morgan fingerprint density at radius 3 is 2.78 bits per heavy atom. The zero-order valence-corrected chi connectivity index (χ0v) is 27.2. The van der Waals surface area contributed by atoms with Crippen molar-refractivity contribution in [2.75, 3.05) is 36.9 Å². The first-order valence-electron chi connectivity index (χ1n) is 15.8. The minimum Gasteiger partial charge on any atom is -0.486 e. The third kappa shape index (κ3) is 4.92. The van der Waals surface area contributed by atoms with Gasteiger partial charge >= 0.3 is 6.01 Å². The second kappa shape index (κ2) is 11.7. The van der Waals surface area contributed by atoms with E-state index in [4.69, 9.17) is 26.8 Å². The molecule has 2 aromatic heterocycles. The maximum absolute atomic E-state index is 17.2. The molecule has 0 radical (unpaired) electrons. The van der Waals surface area contributed by atoms with Gasteiger partial charge in [-0.05, 0) is 37.4 Å². The van der Waals surface area contributed by atoms with Crippen molar-refractivity contribution in [3.63, 3.8) is 0 Å². The molecule has 254 valence electrons. The van der Waals surface area contributed by atoms with E-state index in [1.165, 1.54) is 11.0 Å². The first-order valence-corrected chi connectivity index (χ1v) is 17.0. The van der Waals surface area contributed by atoms with Crippen LogP contribution in [-0.4, -0.2) is 71.4 Å². The topological polar surface area (TPSA) is 124 Å². The summed E-state index contributed by atoms with van der Waals surface area (Å²) in [5, 5.41) is 19.4. The second-order valence-corrected chi connectivity index (χ2v) is 14.5. The predicted octanol–water partition coefficient (Wildman–Crippen LogP) is 6.99. The van der Waals surface area contributed by atoms with Gasteiger partial charge in [-0.15, -0.1) is 11.3 Å². The van der Waals surface area contributed by atoms with Crippen LogP contribution in [0.4, 0.5) is 32.8 Å². The van der Waals surface area contributed by atoms with E-state index in [2.05, 4.69) is 16.0 Å². The van der Waals surface area contributed by atoms with Crippen molar-refractivity contribution >= 4 is 54.7 Å². The Morgan fingerprint density at radius 1 is 1.20 bits per heavy atom. The van der Waals surface area contributed by atoms with Crippen molar-refractivity contribution in [1.82, 2.24) is 14.9 Å². The highest BCUT2D eigenvalue weighted by Gasteiger charge is 2.50. The lowest BCUT2D eigenvalue weighted by atomic mass is 9.95. The lowest BCUT2D eigenvalue weighted by Gasteiger charge is -2.32. The first-order chi connectivity index (χ1) is 23.5. The molecule has 4 aromatic rings. The summed E-state index contributed by atoms with van der Waals surface area (Å²) >= 11 is 7.82. The molecule has 1 saturated carbocycles. The smallest absolute Gasteiger partial charge is 0.319 e. The Hall–Kier alpha value is -4.18. The average molecular weight is 716 g/mol. The Bertz CT molecular complexity index is 2120. The van der Waals surface area contributed by atoms with Gasteiger partial charge in [0.1, 0.15) is 47.1 Å². The highest BCUT2D eigenvalue weighted by molar-refractivity contribution is 7.23. The number of nitrogen functional groups attached to an aromatic ring is 1. The fourth-order valence-electron chi connectivity index (χ4n) is 8.23. The molecule has 3 fully saturated rings. The number of thiophene rings is 1. The number of hydrogen-bond donors (Lipinski definition) is 1. The van der Waals surface area contributed by atoms with E-state index < -0.39 is 54.4 Å². The second-order valence-electron chi connectivity index (χ2n) is 13.1. The van der Waals surface area contributed by atoms with Gasteiger partial charge in [0.25, 0.3) is 6.43 Å². The number of nitriles is 2. The van der Waals surface area contributed by atoms with E-state index in [0.717, 1.165) is 23.8 Å². The number of anilines is 2. The normalized spacial score (nSPS) is 26.1. The molecule has 2 N–H and O–H groups in total. The van der Waals surface area contributed by atoms with E-state index in [9.17, 15) is 23.7 Å². The molecule has 1 aliphatic carbocycles. The fourth-order valence-corrected chi connectivity index (χ4v) is 9.50. The van der Waals surface area contributed by atoms with Gasteiger partial charge in [-0.25, -0.2) is 22.0 Å². The van der Waals surface area contributed by atoms with Crippen LogP contribution in [0.15, 0.2) is 12.1 Å². The van der Waals surface area contributed by atoms with Crippen molar-refractivity contribution < 1.29 is 31.4 Å². The van der Waals surface area contributed by atoms with Gasteiger partial charge in [-0.3, -0.25) is 4.90 Å². The quantitative estimate of drug-likeness (QED) is 0.211. The van der Waals surface area contributed by atoms with E-state index in [1.807, 2.05) is 11.0 Å². The lowest BCUT2D eigenvalue weighted by Crippen LogP contribution is -2.45. The highest BCUT2D eigenvalue weighted by Crippen LogP contribution is 2.53. The molecule has 8 rings (SSSR count). The van der Waals surface area contributed by atoms with Crippen molar-refractivity contribution in [2.24, 2.45) is 5.92 Å². The molecule has 9 nitrogen and oxygen atoms in total. The lowest BCUT2D eigenvalue weighted by molar-refractivity contribution is 0.107. The molecule has 0 spiro atoms. The number of halogens is 6. The molecular formula is C33H27ClF5N7O2S. The van der Waals surface area contributed by atoms with Gasteiger partial charge in [0, 0.05) is 30.3 Å². The van der Waals surface area contributed by atoms with Crippen LogP contribution in [0.3, 0.4) is 0 Å². The summed E-state index contributed by atoms with van der Waals surface area (Å²) in [6, 6.07) is 5.46. The number of benzene rings is 2. The van der Waals surface area contributed by atoms with Crippen LogP contribution in [0.1, 0.15) is 37.7 Å². The number of alkyl halides is 3. The standard InChI is InChI=1S/C33H27ClF5N7O2S/c34-25-23(16-2-3-18(36)29-22(16)17(10-41)30(42)49-29)26(39)27-24-28(25)48-20-7-14(9-40)6-19(20)46(12-21(37)38)31(24)44-32(43-27)47-13-33-4-1-5-45(33)11-15(35)8-33/h2-3,14-15,19-21H,1,4-8,11-13,42H2/t14?,15-,19?,20?,33+/m1/s1. The van der Waals surface area contributed by atoms with Crippen LogP contribution >= 0.6 is 22.9 Å². The minimum absolute atomic E-state index is 0.0141. The summed E-state index contributed by atoms with van der Waals surface area (Å²) in [5.41, 5.74) is 4.79. The van der Waals surface area contributed by atoms with Gasteiger partial charge in [0.05, 0.1) is 50.8 Å². The van der Waals surface area contributed by atoms with Crippen LogP contribution in [-0.2, 0) is 0 Å². The SMILES string of the molecule is N#Cc1c(N)sc2c(F)ccc(-c3c(Cl)c4c5c(nc(OC[C@@]67CCCN6C[C@H](F)C7)nc5c3F)N(CC(F)F)C3CC(C#N)CC3O4)c12. The third-order valence-electron chi connectivity index (χ3n) is 10.3. The predicted molar refractivity (Wildman–Crippen MR) is 173 cm³/mol. The van der Waals surface area contributed by atoms with E-state index in [1.54, 1.807) is 0 Å². The number of ether oxygens (including phenoxy) is 2. The number of rotatable bonds is 6. The van der Waals surface area contributed by atoms with Gasteiger partial charge < -0.3 is 20.1 Å². The first kappa shape index (κ1) is 32.0. The van der Waals surface area contributed by atoms with Gasteiger partial charge in [-0.1, -0.05) is 17.7 Å². The van der Waals surface area contributed by atoms with Crippen LogP contribution in [0.2, 0.25) is 5.02 Å². The third-order valence-corrected chi connectivity index (χ3v) is 11.7. The maximum atomic E-state index is 17.2. The van der Waals surface area contributed by atoms with E-state index >= 15 is 8.78 Å². The van der Waals surface area contributed by atoms with Crippen LogP contribution in [0.5, 0.6) is 11.8 Å². The van der Waals surface area contributed by atoms with Crippen molar-refractivity contribution in [1.29, 1.82) is 10.5 Å². The van der Waals surface area contributed by atoms with E-state index in [-0.39, 0.29) is 97.7 Å². The molecular weight excluding hydrogens is 689 g/mol. The summed E-state index contributed by atoms with van der Waals surface area (Å²) in [6.07, 6.45) is -2.60. The molecule has 3 aliphatic heterocycles. The molecule has 0 bridgehead atoms. The molecule has 49 heavy (non-hydrogen) atoms. The van der Waals surface area contributed by atoms with Crippen LogP contribution < -0.4 is 20.1 Å². The number of aromatic nitrogens is 2. The van der Waals surface area contributed by atoms with Crippen LogP contribution in [0, 0.1) is 40.2 Å². The molecule has 3 unspecified atom stereocenters. The summed E-state index contributed by atoms with van der Waals surface area (Å²) in [4.78, 5) is 12.3. The Morgan fingerprint density at radius 2 is 2.02 bits per heavy atom. The van der Waals surface area contributed by atoms with Crippen molar-refractivity contribution in [3.05, 3.63) is 34.4 Å². The largest absolute Gasteiger partial charge is 0.486 e. The fraction of sp³-hybridized carbons (Fsp3) is 0.455. The van der Waals surface area contributed by atoms with E-state index in [0.29, 0.717) is 13.0 Å². The Balaban J connectivity index is 1.38. The number of fused-ring (bicyclic) bond motifs is 3. The number of nitrogens with zero attached hydrogens (tertiary/aromatic N) is 6. The zero-order valence-electron chi connectivity index (χ0n) is 25.7. The molecule has 5 atom stereocenters. The summed E-state index contributed by atoms with van der Waals surface area (Å²) in [5.74, 6) is -2.42. The number of nitrogens with two attached hydrogens (primary N) is 1. The van der Waals surface area contributed by atoms with Crippen molar-refractivity contribution in [2.45, 2.75) is 62.4 Å². The highest BCUT2D eigenvalue weighted by atomic mass is 35.5. The number of hydrogen-bond acceptors (Lipinski definition) is 10. The summed E-state index contributed by atoms with van der Waals surface area (Å²) in [7, 11) is 0. The Kier molecular flexibility index (Phi) is 7.66. The zero-order chi connectivity index (χ0) is 34.4. The van der Waals surface area contributed by atoms with Gasteiger partial charge in [0.2, 0.25) is 0 Å². The molecule has 2 aromatic carbocycles.